The lowest BCUT2D eigenvalue weighted by Gasteiger charge is -2.23. The van der Waals surface area contributed by atoms with Crippen LogP contribution in [0.3, 0.4) is 0 Å². The van der Waals surface area contributed by atoms with Crippen molar-refractivity contribution in [1.82, 2.24) is 15.1 Å². The number of nitrogens with zero attached hydrogens (tertiary/aromatic N) is 2. The van der Waals surface area contributed by atoms with Crippen molar-refractivity contribution in [2.75, 3.05) is 6.54 Å². The molecular formula is C19H34N4O. The molecule has 0 radical (unpaired) electrons. The number of hydrogen-bond acceptors (Lipinski definition) is 3. The van der Waals surface area contributed by atoms with Crippen molar-refractivity contribution in [2.45, 2.75) is 70.8 Å². The Morgan fingerprint density at radius 1 is 1.42 bits per heavy atom. The summed E-state index contributed by atoms with van der Waals surface area (Å²) in [7, 11) is 1.89. The molecule has 0 bridgehead atoms. The molecule has 5 nitrogen and oxygen atoms in total. The maximum Gasteiger partial charge on any atom is 0.222 e. The normalized spacial score (nSPS) is 21.9. The van der Waals surface area contributed by atoms with E-state index in [2.05, 4.69) is 17.3 Å². The second-order valence-corrected chi connectivity index (χ2v) is 7.38. The Morgan fingerprint density at radius 3 is 2.92 bits per heavy atom. The van der Waals surface area contributed by atoms with Crippen molar-refractivity contribution in [3.05, 3.63) is 18.0 Å². The van der Waals surface area contributed by atoms with Gasteiger partial charge in [0.05, 0.1) is 12.1 Å². The summed E-state index contributed by atoms with van der Waals surface area (Å²) in [5.41, 5.74) is 6.69. The third-order valence-electron chi connectivity index (χ3n) is 5.36. The molecule has 2 rings (SSSR count). The number of carbonyl (C=O) groups excluding carboxylic acids is 1. The smallest absolute Gasteiger partial charge is 0.222 e. The van der Waals surface area contributed by atoms with Gasteiger partial charge in [0.25, 0.3) is 0 Å². The Hall–Kier alpha value is -1.36. The van der Waals surface area contributed by atoms with Crippen LogP contribution in [-0.2, 0) is 18.3 Å². The summed E-state index contributed by atoms with van der Waals surface area (Å²) in [4.78, 5) is 11.8. The van der Waals surface area contributed by atoms with Crippen LogP contribution in [0.5, 0.6) is 0 Å². The van der Waals surface area contributed by atoms with Crippen molar-refractivity contribution >= 4 is 5.91 Å². The number of hydrogen-bond donors (Lipinski definition) is 2. The van der Waals surface area contributed by atoms with Gasteiger partial charge in [-0.2, -0.15) is 5.10 Å². The molecule has 1 saturated carbocycles. The second-order valence-electron chi connectivity index (χ2n) is 7.38. The van der Waals surface area contributed by atoms with Crippen molar-refractivity contribution in [2.24, 2.45) is 24.6 Å². The molecule has 1 aromatic heterocycles. The maximum atomic E-state index is 11.8. The predicted molar refractivity (Wildman–Crippen MR) is 97.5 cm³/mol. The summed E-state index contributed by atoms with van der Waals surface area (Å²) < 4.78 is 1.77. The van der Waals surface area contributed by atoms with E-state index in [1.54, 1.807) is 4.68 Å². The Morgan fingerprint density at radius 2 is 2.25 bits per heavy atom. The standard InChI is InChI=1S/C19H34N4O/c1-3-4-5-6-8-16-9-7-10-18(16)21-13-17(19(20)24)11-15-12-22-23(2)14-15/h12,14,16-18,21H,3-11,13H2,1-2H3,(H2,20,24)/t16-,17-,18+/m1/s1. The maximum absolute atomic E-state index is 11.8. The number of amides is 1. The van der Waals surface area contributed by atoms with E-state index in [1.165, 1.54) is 51.4 Å². The number of carbonyl (C=O) groups is 1. The molecule has 5 heteroatoms. The summed E-state index contributed by atoms with van der Waals surface area (Å²) >= 11 is 0. The molecule has 3 atom stereocenters. The van der Waals surface area contributed by atoms with Crippen LogP contribution >= 0.6 is 0 Å². The first-order valence-electron chi connectivity index (χ1n) is 9.60. The van der Waals surface area contributed by atoms with Crippen LogP contribution < -0.4 is 11.1 Å². The summed E-state index contributed by atoms with van der Waals surface area (Å²) in [6, 6.07) is 0.558. The predicted octanol–water partition coefficient (Wildman–Crippen LogP) is 2.79. The summed E-state index contributed by atoms with van der Waals surface area (Å²) in [5, 5.41) is 7.82. The van der Waals surface area contributed by atoms with Gasteiger partial charge in [-0.1, -0.05) is 39.0 Å². The third-order valence-corrected chi connectivity index (χ3v) is 5.36. The number of nitrogens with one attached hydrogen (secondary N) is 1. The number of nitrogens with two attached hydrogens (primary N) is 1. The molecule has 0 aromatic carbocycles. The Bertz CT molecular complexity index is 499. The fourth-order valence-corrected chi connectivity index (χ4v) is 3.91. The third kappa shape index (κ3) is 5.93. The number of aromatic nitrogens is 2. The van der Waals surface area contributed by atoms with Crippen molar-refractivity contribution in [1.29, 1.82) is 0 Å². The molecule has 1 aromatic rings. The van der Waals surface area contributed by atoms with Gasteiger partial charge in [0, 0.05) is 25.8 Å². The highest BCUT2D eigenvalue weighted by molar-refractivity contribution is 5.77. The molecule has 0 saturated heterocycles. The van der Waals surface area contributed by atoms with Crippen LogP contribution in [-0.4, -0.2) is 28.3 Å². The largest absolute Gasteiger partial charge is 0.369 e. The first kappa shape index (κ1) is 19.0. The number of primary amides is 1. The molecule has 1 aliphatic carbocycles. The van der Waals surface area contributed by atoms with Crippen molar-refractivity contribution in [3.63, 3.8) is 0 Å². The lowest BCUT2D eigenvalue weighted by Crippen LogP contribution is -2.40. The average Bonchev–Trinajstić information content (AvgIpc) is 3.16. The molecule has 24 heavy (non-hydrogen) atoms. The van der Waals surface area contributed by atoms with Crippen LogP contribution in [0.1, 0.15) is 63.9 Å². The number of rotatable bonds is 11. The van der Waals surface area contributed by atoms with E-state index >= 15 is 0 Å². The van der Waals surface area contributed by atoms with Crippen LogP contribution in [0.2, 0.25) is 0 Å². The zero-order chi connectivity index (χ0) is 17.4. The highest BCUT2D eigenvalue weighted by atomic mass is 16.1. The molecule has 0 spiro atoms. The lowest BCUT2D eigenvalue weighted by molar-refractivity contribution is -0.121. The molecule has 0 aliphatic heterocycles. The molecule has 136 valence electrons. The fraction of sp³-hybridized carbons (Fsp3) is 0.789. The van der Waals surface area contributed by atoms with Gasteiger partial charge in [0.1, 0.15) is 0 Å². The Labute approximate surface area is 146 Å². The zero-order valence-electron chi connectivity index (χ0n) is 15.3. The van der Waals surface area contributed by atoms with Gasteiger partial charge in [-0.25, -0.2) is 0 Å². The Balaban J connectivity index is 1.78. The van der Waals surface area contributed by atoms with Gasteiger partial charge in [-0.3, -0.25) is 9.48 Å². The molecule has 1 amide bonds. The van der Waals surface area contributed by atoms with Crippen LogP contribution in [0, 0.1) is 11.8 Å². The molecule has 1 fully saturated rings. The van der Waals surface area contributed by atoms with E-state index in [-0.39, 0.29) is 11.8 Å². The highest BCUT2D eigenvalue weighted by Gasteiger charge is 2.28. The molecular weight excluding hydrogens is 300 g/mol. The second kappa shape index (κ2) is 9.82. The van der Waals surface area contributed by atoms with Gasteiger partial charge >= 0.3 is 0 Å². The van der Waals surface area contributed by atoms with Crippen LogP contribution in [0.4, 0.5) is 0 Å². The van der Waals surface area contributed by atoms with Gasteiger partial charge < -0.3 is 11.1 Å². The zero-order valence-corrected chi connectivity index (χ0v) is 15.3. The summed E-state index contributed by atoms with van der Waals surface area (Å²) in [5.74, 6) is 0.396. The fourth-order valence-electron chi connectivity index (χ4n) is 3.91. The summed E-state index contributed by atoms with van der Waals surface area (Å²) in [6.45, 7) is 2.94. The minimum absolute atomic E-state index is 0.157. The first-order chi connectivity index (χ1) is 11.6. The van der Waals surface area contributed by atoms with Crippen LogP contribution in [0.25, 0.3) is 0 Å². The van der Waals surface area contributed by atoms with Gasteiger partial charge in [0.15, 0.2) is 0 Å². The topological polar surface area (TPSA) is 72.9 Å². The van der Waals surface area contributed by atoms with Gasteiger partial charge in [0.2, 0.25) is 5.91 Å². The minimum atomic E-state index is -0.219. The quantitative estimate of drug-likeness (QED) is 0.611. The minimum Gasteiger partial charge on any atom is -0.369 e. The van der Waals surface area contributed by atoms with E-state index in [9.17, 15) is 4.79 Å². The highest BCUT2D eigenvalue weighted by Crippen LogP contribution is 2.30. The van der Waals surface area contributed by atoms with Crippen LogP contribution in [0.15, 0.2) is 12.4 Å². The number of unbranched alkanes of at least 4 members (excludes halogenated alkanes) is 3. The summed E-state index contributed by atoms with van der Waals surface area (Å²) in [6.07, 6.45) is 15.0. The van der Waals surface area contributed by atoms with E-state index in [0.717, 1.165) is 11.5 Å². The van der Waals surface area contributed by atoms with Gasteiger partial charge in [-0.15, -0.1) is 0 Å². The van der Waals surface area contributed by atoms with Gasteiger partial charge in [-0.05, 0) is 37.2 Å². The molecule has 0 unspecified atom stereocenters. The lowest BCUT2D eigenvalue weighted by atomic mass is 9.94. The monoisotopic (exact) mass is 334 g/mol. The first-order valence-corrected chi connectivity index (χ1v) is 9.60. The average molecular weight is 335 g/mol. The van der Waals surface area contributed by atoms with Crippen molar-refractivity contribution < 1.29 is 4.79 Å². The SMILES string of the molecule is CCCCCC[C@@H]1CCC[C@@H]1NC[C@@H](Cc1cnn(C)c1)C(N)=O. The van der Waals surface area contributed by atoms with E-state index in [0.29, 0.717) is 19.0 Å². The van der Waals surface area contributed by atoms with E-state index in [4.69, 9.17) is 5.73 Å². The van der Waals surface area contributed by atoms with E-state index < -0.39 is 0 Å². The Kier molecular flexibility index (Phi) is 7.76. The number of aryl methyl sites for hydroxylation is 1. The van der Waals surface area contributed by atoms with E-state index in [1.807, 2.05) is 19.4 Å². The van der Waals surface area contributed by atoms with Crippen molar-refractivity contribution in [3.8, 4) is 0 Å². The molecule has 1 aliphatic rings. The molecule has 1 heterocycles. The molecule has 3 N–H and O–H groups in total.